The van der Waals surface area contributed by atoms with Gasteiger partial charge in [0.25, 0.3) is 0 Å². The maximum Gasteiger partial charge on any atom is 0.356 e. The van der Waals surface area contributed by atoms with Crippen LogP contribution in [-0.2, 0) is 13.5 Å². The predicted molar refractivity (Wildman–Crippen MR) is 48.6 cm³/mol. The average Bonchev–Trinajstić information content (AvgIpc) is 2.33. The molecule has 0 radical (unpaired) electrons. The predicted octanol–water partition coefficient (Wildman–Crippen LogP) is 0.653. The zero-order valence-electron chi connectivity index (χ0n) is 7.74. The molecule has 0 atom stereocenters. The number of carboxylic acid groups (broad SMARTS) is 1. The molecule has 1 aromatic rings. The highest BCUT2D eigenvalue weighted by Gasteiger charge is 2.17. The highest BCUT2D eigenvalue weighted by molar-refractivity contribution is 5.87. The summed E-state index contributed by atoms with van der Waals surface area (Å²) in [6.07, 6.45) is 1.56. The molecule has 5 nitrogen and oxygen atoms in total. The second-order valence-corrected chi connectivity index (χ2v) is 2.88. The van der Waals surface area contributed by atoms with Gasteiger partial charge in [0, 0.05) is 7.05 Å². The highest BCUT2D eigenvalue weighted by Crippen LogP contribution is 2.13. The summed E-state index contributed by atoms with van der Waals surface area (Å²) in [5.74, 6) is -0.767. The molecule has 13 heavy (non-hydrogen) atoms. The zero-order valence-corrected chi connectivity index (χ0v) is 7.74. The number of hydrogen-bond acceptors (Lipinski definition) is 3. The SMILES string of the molecule is CCCc1c(C(=O)O)nc(N)n1C. The van der Waals surface area contributed by atoms with Crippen LogP contribution in [0.5, 0.6) is 0 Å². The van der Waals surface area contributed by atoms with E-state index in [1.54, 1.807) is 11.6 Å². The molecule has 0 saturated heterocycles. The first-order chi connectivity index (χ1) is 6.07. The fraction of sp³-hybridized carbons (Fsp3) is 0.500. The molecule has 0 unspecified atom stereocenters. The van der Waals surface area contributed by atoms with Gasteiger partial charge in [-0.1, -0.05) is 13.3 Å². The van der Waals surface area contributed by atoms with Gasteiger partial charge < -0.3 is 15.4 Å². The van der Waals surface area contributed by atoms with Crippen molar-refractivity contribution in [1.82, 2.24) is 9.55 Å². The Morgan fingerprint density at radius 1 is 1.69 bits per heavy atom. The van der Waals surface area contributed by atoms with Gasteiger partial charge in [-0.05, 0) is 6.42 Å². The Morgan fingerprint density at radius 3 is 2.77 bits per heavy atom. The summed E-state index contributed by atoms with van der Waals surface area (Å²) in [7, 11) is 1.72. The maximum absolute atomic E-state index is 10.7. The Bertz CT molecular complexity index is 330. The van der Waals surface area contributed by atoms with Gasteiger partial charge in [-0.25, -0.2) is 9.78 Å². The summed E-state index contributed by atoms with van der Waals surface area (Å²) in [5.41, 5.74) is 6.26. The number of aromatic carboxylic acids is 1. The third kappa shape index (κ3) is 1.63. The third-order valence-corrected chi connectivity index (χ3v) is 1.94. The van der Waals surface area contributed by atoms with Crippen molar-refractivity contribution in [3.63, 3.8) is 0 Å². The summed E-state index contributed by atoms with van der Waals surface area (Å²) in [6.45, 7) is 1.98. The smallest absolute Gasteiger partial charge is 0.356 e. The minimum Gasteiger partial charge on any atom is -0.476 e. The van der Waals surface area contributed by atoms with Crippen molar-refractivity contribution in [1.29, 1.82) is 0 Å². The second kappa shape index (κ2) is 3.47. The molecule has 1 aromatic heterocycles. The molecule has 0 aliphatic rings. The highest BCUT2D eigenvalue weighted by atomic mass is 16.4. The van der Waals surface area contributed by atoms with E-state index in [1.807, 2.05) is 6.92 Å². The lowest BCUT2D eigenvalue weighted by Gasteiger charge is -2.01. The van der Waals surface area contributed by atoms with Crippen LogP contribution in [0.25, 0.3) is 0 Å². The Morgan fingerprint density at radius 2 is 2.31 bits per heavy atom. The topological polar surface area (TPSA) is 81.1 Å². The van der Waals surface area contributed by atoms with Crippen molar-refractivity contribution in [2.24, 2.45) is 7.05 Å². The number of nitrogens with zero attached hydrogens (tertiary/aromatic N) is 2. The first-order valence-corrected chi connectivity index (χ1v) is 4.12. The van der Waals surface area contributed by atoms with Crippen LogP contribution in [0.2, 0.25) is 0 Å². The molecule has 0 amide bonds. The number of nitrogens with two attached hydrogens (primary N) is 1. The van der Waals surface area contributed by atoms with Gasteiger partial charge >= 0.3 is 5.97 Å². The molecule has 3 N–H and O–H groups in total. The molecule has 1 rings (SSSR count). The van der Waals surface area contributed by atoms with E-state index in [4.69, 9.17) is 10.8 Å². The number of rotatable bonds is 3. The molecule has 0 aliphatic heterocycles. The van der Waals surface area contributed by atoms with Crippen molar-refractivity contribution < 1.29 is 9.90 Å². The molecule has 5 heteroatoms. The number of anilines is 1. The van der Waals surface area contributed by atoms with Gasteiger partial charge in [-0.2, -0.15) is 0 Å². The summed E-state index contributed by atoms with van der Waals surface area (Å²) in [6, 6.07) is 0. The van der Waals surface area contributed by atoms with Gasteiger partial charge in [0.15, 0.2) is 5.69 Å². The molecule has 72 valence electrons. The number of carboxylic acids is 1. The Hall–Kier alpha value is -1.52. The Kier molecular flexibility index (Phi) is 2.55. The molecule has 1 heterocycles. The van der Waals surface area contributed by atoms with E-state index in [9.17, 15) is 4.79 Å². The van der Waals surface area contributed by atoms with Crippen molar-refractivity contribution in [2.75, 3.05) is 5.73 Å². The first kappa shape index (κ1) is 9.57. The summed E-state index contributed by atoms with van der Waals surface area (Å²) in [5, 5.41) is 8.80. The second-order valence-electron chi connectivity index (χ2n) is 2.88. The van der Waals surface area contributed by atoms with Crippen LogP contribution in [0.3, 0.4) is 0 Å². The minimum absolute atomic E-state index is 0.0712. The molecule has 0 bridgehead atoms. The normalized spacial score (nSPS) is 10.3. The Balaban J connectivity index is 3.18. The van der Waals surface area contributed by atoms with E-state index in [2.05, 4.69) is 4.98 Å². The van der Waals surface area contributed by atoms with E-state index < -0.39 is 5.97 Å². The number of hydrogen-bond donors (Lipinski definition) is 2. The first-order valence-electron chi connectivity index (χ1n) is 4.12. The minimum atomic E-state index is -1.02. The molecule has 0 saturated carbocycles. The molecule has 0 aliphatic carbocycles. The van der Waals surface area contributed by atoms with Crippen LogP contribution in [-0.4, -0.2) is 20.6 Å². The lowest BCUT2D eigenvalue weighted by Crippen LogP contribution is -2.05. The lowest BCUT2D eigenvalue weighted by molar-refractivity contribution is 0.0689. The van der Waals surface area contributed by atoms with Gasteiger partial charge in [0.1, 0.15) is 0 Å². The van der Waals surface area contributed by atoms with E-state index in [1.165, 1.54) is 0 Å². The van der Waals surface area contributed by atoms with Crippen LogP contribution in [0.15, 0.2) is 0 Å². The van der Waals surface area contributed by atoms with Gasteiger partial charge in [-0.3, -0.25) is 0 Å². The van der Waals surface area contributed by atoms with Gasteiger partial charge in [-0.15, -0.1) is 0 Å². The van der Waals surface area contributed by atoms with E-state index >= 15 is 0 Å². The lowest BCUT2D eigenvalue weighted by atomic mass is 10.2. The van der Waals surface area contributed by atoms with Crippen LogP contribution in [0.1, 0.15) is 29.5 Å². The number of imidazole rings is 1. The molecule has 0 fully saturated rings. The molecule has 0 spiro atoms. The maximum atomic E-state index is 10.7. The molecular weight excluding hydrogens is 170 g/mol. The van der Waals surface area contributed by atoms with Crippen molar-refractivity contribution in [2.45, 2.75) is 19.8 Å². The molecule has 0 aromatic carbocycles. The quantitative estimate of drug-likeness (QED) is 0.721. The van der Waals surface area contributed by atoms with Crippen LogP contribution in [0, 0.1) is 0 Å². The fourth-order valence-corrected chi connectivity index (χ4v) is 1.25. The average molecular weight is 183 g/mol. The summed E-state index contributed by atoms with van der Waals surface area (Å²) in [4.78, 5) is 14.5. The van der Waals surface area contributed by atoms with E-state index in [0.29, 0.717) is 12.1 Å². The van der Waals surface area contributed by atoms with Crippen LogP contribution >= 0.6 is 0 Å². The van der Waals surface area contributed by atoms with Crippen molar-refractivity contribution in [3.8, 4) is 0 Å². The Labute approximate surface area is 76.2 Å². The van der Waals surface area contributed by atoms with Gasteiger partial charge in [0.05, 0.1) is 5.69 Å². The number of aromatic nitrogens is 2. The van der Waals surface area contributed by atoms with Crippen LogP contribution in [0.4, 0.5) is 5.95 Å². The van der Waals surface area contributed by atoms with Crippen molar-refractivity contribution in [3.05, 3.63) is 11.4 Å². The van der Waals surface area contributed by atoms with Crippen LogP contribution < -0.4 is 5.73 Å². The summed E-state index contributed by atoms with van der Waals surface area (Å²) >= 11 is 0. The monoisotopic (exact) mass is 183 g/mol. The van der Waals surface area contributed by atoms with Crippen molar-refractivity contribution >= 4 is 11.9 Å². The van der Waals surface area contributed by atoms with E-state index in [0.717, 1.165) is 6.42 Å². The number of carbonyl (C=O) groups is 1. The summed E-state index contributed by atoms with van der Waals surface area (Å²) < 4.78 is 1.62. The number of nitrogen functional groups attached to an aromatic ring is 1. The molecular formula is C8H13N3O2. The van der Waals surface area contributed by atoms with E-state index in [-0.39, 0.29) is 11.6 Å². The largest absolute Gasteiger partial charge is 0.476 e. The van der Waals surface area contributed by atoms with Gasteiger partial charge in [0.2, 0.25) is 5.95 Å². The fourth-order valence-electron chi connectivity index (χ4n) is 1.25. The standard InChI is InChI=1S/C8H13N3O2/c1-3-4-5-6(7(12)13)10-8(9)11(5)2/h3-4H2,1-2H3,(H2,9,10)(H,12,13). The zero-order chi connectivity index (χ0) is 10.0. The third-order valence-electron chi connectivity index (χ3n) is 1.94.